The van der Waals surface area contributed by atoms with Gasteiger partial charge in [0.15, 0.2) is 0 Å². The van der Waals surface area contributed by atoms with Crippen molar-refractivity contribution in [2.75, 3.05) is 0 Å². The zero-order chi connectivity index (χ0) is 18.7. The van der Waals surface area contributed by atoms with Crippen LogP contribution in [0.4, 0.5) is 0 Å². The van der Waals surface area contributed by atoms with Crippen molar-refractivity contribution >= 4 is 5.91 Å². The van der Waals surface area contributed by atoms with E-state index < -0.39 is 0 Å². The van der Waals surface area contributed by atoms with E-state index in [1.165, 1.54) is 11.9 Å². The standard InChI is InChI=1S/C19H24N6O/c1-12(2)9-16(18-20-11-21-25(18)4)22-19(26)17-10-15(23-24-17)14-7-5-13(3)6-8-14/h5-8,10-12,16H,9H2,1-4H3,(H,22,26)(H,23,24). The number of H-pyrrole nitrogens is 1. The van der Waals surface area contributed by atoms with Gasteiger partial charge in [-0.1, -0.05) is 43.7 Å². The first-order valence-electron chi connectivity index (χ1n) is 8.71. The zero-order valence-electron chi connectivity index (χ0n) is 15.5. The molecule has 7 nitrogen and oxygen atoms in total. The van der Waals surface area contributed by atoms with Gasteiger partial charge in [-0.05, 0) is 25.3 Å². The molecule has 0 aliphatic heterocycles. The van der Waals surface area contributed by atoms with Gasteiger partial charge in [0, 0.05) is 12.6 Å². The molecule has 1 atom stereocenters. The molecular formula is C19H24N6O. The summed E-state index contributed by atoms with van der Waals surface area (Å²) in [4.78, 5) is 17.0. The average molecular weight is 352 g/mol. The van der Waals surface area contributed by atoms with Crippen LogP contribution < -0.4 is 5.32 Å². The molecule has 3 aromatic rings. The first-order chi connectivity index (χ1) is 12.4. The molecule has 26 heavy (non-hydrogen) atoms. The van der Waals surface area contributed by atoms with Gasteiger partial charge >= 0.3 is 0 Å². The van der Waals surface area contributed by atoms with Gasteiger partial charge in [0.2, 0.25) is 0 Å². The van der Waals surface area contributed by atoms with Crippen LogP contribution in [0.2, 0.25) is 0 Å². The molecule has 2 aromatic heterocycles. The van der Waals surface area contributed by atoms with Crippen molar-refractivity contribution in [1.29, 1.82) is 0 Å². The van der Waals surface area contributed by atoms with Crippen LogP contribution in [0.25, 0.3) is 11.3 Å². The van der Waals surface area contributed by atoms with E-state index in [9.17, 15) is 4.79 Å². The monoisotopic (exact) mass is 352 g/mol. The van der Waals surface area contributed by atoms with E-state index >= 15 is 0 Å². The number of hydrogen-bond acceptors (Lipinski definition) is 4. The highest BCUT2D eigenvalue weighted by molar-refractivity contribution is 5.93. The summed E-state index contributed by atoms with van der Waals surface area (Å²) in [5.74, 6) is 0.941. The Kier molecular flexibility index (Phi) is 5.16. The normalized spacial score (nSPS) is 12.3. The molecule has 2 N–H and O–H groups in total. The second kappa shape index (κ2) is 7.51. The Hall–Kier alpha value is -2.96. The third-order valence-corrected chi connectivity index (χ3v) is 4.24. The molecule has 0 aliphatic rings. The van der Waals surface area contributed by atoms with Crippen molar-refractivity contribution < 1.29 is 4.79 Å². The Bertz CT molecular complexity index is 878. The summed E-state index contributed by atoms with van der Waals surface area (Å²) < 4.78 is 1.69. The van der Waals surface area contributed by atoms with Crippen molar-refractivity contribution in [2.24, 2.45) is 13.0 Å². The second-order valence-corrected chi connectivity index (χ2v) is 6.93. The molecule has 0 bridgehead atoms. The SMILES string of the molecule is Cc1ccc(-c2cc(C(=O)NC(CC(C)C)c3ncnn3C)[nH]n2)cc1. The van der Waals surface area contributed by atoms with Crippen LogP contribution in [0.3, 0.4) is 0 Å². The van der Waals surface area contributed by atoms with E-state index in [1.54, 1.807) is 10.7 Å². The molecule has 0 spiro atoms. The number of aromatic amines is 1. The van der Waals surface area contributed by atoms with E-state index in [2.05, 4.69) is 39.4 Å². The maximum atomic E-state index is 12.7. The van der Waals surface area contributed by atoms with Crippen LogP contribution in [0, 0.1) is 12.8 Å². The fraction of sp³-hybridized carbons (Fsp3) is 0.368. The number of aromatic nitrogens is 5. The number of benzene rings is 1. The largest absolute Gasteiger partial charge is 0.341 e. The number of nitrogens with zero attached hydrogens (tertiary/aromatic N) is 4. The first-order valence-corrected chi connectivity index (χ1v) is 8.71. The number of nitrogens with one attached hydrogen (secondary N) is 2. The fourth-order valence-corrected chi connectivity index (χ4v) is 2.87. The quantitative estimate of drug-likeness (QED) is 0.714. The number of hydrogen-bond donors (Lipinski definition) is 2. The van der Waals surface area contributed by atoms with Crippen molar-refractivity contribution in [3.8, 4) is 11.3 Å². The highest BCUT2D eigenvalue weighted by atomic mass is 16.2. The summed E-state index contributed by atoms with van der Waals surface area (Å²) in [5, 5.41) is 14.3. The van der Waals surface area contributed by atoms with Crippen LogP contribution in [0.1, 0.15) is 48.2 Å². The lowest BCUT2D eigenvalue weighted by Gasteiger charge is -2.19. The molecule has 7 heteroatoms. The van der Waals surface area contributed by atoms with Gasteiger partial charge < -0.3 is 5.32 Å². The summed E-state index contributed by atoms with van der Waals surface area (Å²) in [6.07, 6.45) is 2.28. The summed E-state index contributed by atoms with van der Waals surface area (Å²) in [6.45, 7) is 6.26. The van der Waals surface area contributed by atoms with E-state index in [0.29, 0.717) is 11.6 Å². The Balaban J connectivity index is 1.78. The Morgan fingerprint density at radius 2 is 2.00 bits per heavy atom. The number of carbonyl (C=O) groups excluding carboxylic acids is 1. The maximum Gasteiger partial charge on any atom is 0.269 e. The summed E-state index contributed by atoms with van der Waals surface area (Å²) in [7, 11) is 1.83. The topological polar surface area (TPSA) is 88.5 Å². The lowest BCUT2D eigenvalue weighted by Crippen LogP contribution is -2.31. The maximum absolute atomic E-state index is 12.7. The lowest BCUT2D eigenvalue weighted by molar-refractivity contribution is 0.0924. The third-order valence-electron chi connectivity index (χ3n) is 4.24. The number of rotatable bonds is 6. The first kappa shape index (κ1) is 17.8. The molecule has 136 valence electrons. The molecule has 2 heterocycles. The summed E-state index contributed by atoms with van der Waals surface area (Å²) >= 11 is 0. The molecule has 0 saturated carbocycles. The molecule has 1 amide bonds. The van der Waals surface area contributed by atoms with E-state index in [0.717, 1.165) is 23.5 Å². The van der Waals surface area contributed by atoms with Gasteiger partial charge in [0.05, 0.1) is 11.7 Å². The van der Waals surface area contributed by atoms with Crippen LogP contribution in [0.5, 0.6) is 0 Å². The Morgan fingerprint density at radius 1 is 1.27 bits per heavy atom. The van der Waals surface area contributed by atoms with Gasteiger partial charge in [0.25, 0.3) is 5.91 Å². The molecule has 3 rings (SSSR count). The lowest BCUT2D eigenvalue weighted by atomic mass is 10.0. The minimum absolute atomic E-state index is 0.204. The van der Waals surface area contributed by atoms with Crippen LogP contribution >= 0.6 is 0 Å². The fourth-order valence-electron chi connectivity index (χ4n) is 2.87. The van der Waals surface area contributed by atoms with Crippen molar-refractivity contribution in [3.05, 3.63) is 53.7 Å². The molecule has 0 saturated heterocycles. The Morgan fingerprint density at radius 3 is 2.62 bits per heavy atom. The van der Waals surface area contributed by atoms with E-state index in [-0.39, 0.29) is 11.9 Å². The number of amides is 1. The minimum atomic E-state index is -0.207. The van der Waals surface area contributed by atoms with Gasteiger partial charge in [-0.25, -0.2) is 4.98 Å². The molecular weight excluding hydrogens is 328 g/mol. The minimum Gasteiger partial charge on any atom is -0.341 e. The van der Waals surface area contributed by atoms with E-state index in [1.807, 2.05) is 38.2 Å². The van der Waals surface area contributed by atoms with Crippen molar-refractivity contribution in [2.45, 2.75) is 33.2 Å². The summed E-state index contributed by atoms with van der Waals surface area (Å²) in [5.41, 5.74) is 3.33. The predicted molar refractivity (Wildman–Crippen MR) is 99.4 cm³/mol. The molecule has 1 unspecified atom stereocenters. The van der Waals surface area contributed by atoms with E-state index in [4.69, 9.17) is 0 Å². The average Bonchev–Trinajstić information content (AvgIpc) is 3.23. The van der Waals surface area contributed by atoms with Gasteiger partial charge in [-0.3, -0.25) is 14.6 Å². The number of aryl methyl sites for hydroxylation is 2. The highest BCUT2D eigenvalue weighted by Gasteiger charge is 2.22. The molecule has 0 aliphatic carbocycles. The smallest absolute Gasteiger partial charge is 0.269 e. The number of carbonyl (C=O) groups is 1. The highest BCUT2D eigenvalue weighted by Crippen LogP contribution is 2.21. The van der Waals surface area contributed by atoms with Crippen LogP contribution in [-0.4, -0.2) is 30.9 Å². The van der Waals surface area contributed by atoms with Gasteiger partial charge in [-0.15, -0.1) is 0 Å². The third kappa shape index (κ3) is 3.99. The predicted octanol–water partition coefficient (Wildman–Crippen LogP) is 3.03. The molecule has 0 radical (unpaired) electrons. The van der Waals surface area contributed by atoms with Crippen molar-refractivity contribution in [1.82, 2.24) is 30.3 Å². The Labute approximate surface area is 152 Å². The van der Waals surface area contributed by atoms with Crippen LogP contribution in [-0.2, 0) is 7.05 Å². The van der Waals surface area contributed by atoms with Gasteiger partial charge in [-0.2, -0.15) is 10.2 Å². The van der Waals surface area contributed by atoms with Gasteiger partial charge in [0.1, 0.15) is 17.8 Å². The zero-order valence-corrected chi connectivity index (χ0v) is 15.5. The second-order valence-electron chi connectivity index (χ2n) is 6.93. The summed E-state index contributed by atoms with van der Waals surface area (Å²) in [6, 6.07) is 9.60. The van der Waals surface area contributed by atoms with Crippen molar-refractivity contribution in [3.63, 3.8) is 0 Å². The molecule has 1 aromatic carbocycles. The molecule has 0 fully saturated rings. The van der Waals surface area contributed by atoms with Crippen LogP contribution in [0.15, 0.2) is 36.7 Å².